The number of rotatable bonds is 11. The molecule has 45 heavy (non-hydrogen) atoms. The number of anilines is 1. The minimum atomic E-state index is -4.23. The van der Waals surface area contributed by atoms with E-state index in [0.29, 0.717) is 15.6 Å². The van der Waals surface area contributed by atoms with Crippen LogP contribution in [0.4, 0.5) is 5.69 Å². The Kier molecular flexibility index (Phi) is 11.0. The SMILES string of the molecule is Cc1ccc(N(CC(=O)N(Cc2ccccc2Cl)[C@@H](Cc2ccccc2)C(=O)NC(C)(C)C)S(=O)(=O)c2ccccc2)cc1Cl. The number of carbonyl (C=O) groups is 2. The summed E-state index contributed by atoms with van der Waals surface area (Å²) in [6.45, 7) is 6.78. The average molecular weight is 667 g/mol. The third-order valence-corrected chi connectivity index (χ3v) is 9.69. The van der Waals surface area contributed by atoms with Crippen LogP contribution < -0.4 is 9.62 Å². The summed E-state index contributed by atoms with van der Waals surface area (Å²) in [5.74, 6) is -0.960. The number of sulfonamides is 1. The molecule has 0 heterocycles. The van der Waals surface area contributed by atoms with Crippen molar-refractivity contribution in [2.45, 2.75) is 57.1 Å². The zero-order chi connectivity index (χ0) is 32.8. The van der Waals surface area contributed by atoms with Crippen LogP contribution in [-0.2, 0) is 32.6 Å². The largest absolute Gasteiger partial charge is 0.350 e. The first-order chi connectivity index (χ1) is 21.3. The summed E-state index contributed by atoms with van der Waals surface area (Å²) in [5.41, 5.74) is 1.84. The topological polar surface area (TPSA) is 86.8 Å². The van der Waals surface area contributed by atoms with Crippen molar-refractivity contribution in [1.82, 2.24) is 10.2 Å². The van der Waals surface area contributed by atoms with E-state index in [1.54, 1.807) is 61.5 Å². The van der Waals surface area contributed by atoms with Gasteiger partial charge in [-0.2, -0.15) is 0 Å². The number of nitrogens with one attached hydrogen (secondary N) is 1. The van der Waals surface area contributed by atoms with Crippen LogP contribution in [0, 0.1) is 6.92 Å². The predicted octanol–water partition coefficient (Wildman–Crippen LogP) is 7.05. The maximum absolute atomic E-state index is 14.5. The zero-order valence-electron chi connectivity index (χ0n) is 25.7. The van der Waals surface area contributed by atoms with Gasteiger partial charge in [-0.1, -0.05) is 96.0 Å². The average Bonchev–Trinajstić information content (AvgIpc) is 3.00. The number of hydrogen-bond acceptors (Lipinski definition) is 4. The minimum Gasteiger partial charge on any atom is -0.350 e. The molecule has 0 radical (unpaired) electrons. The number of amides is 2. The van der Waals surface area contributed by atoms with Gasteiger partial charge in [-0.25, -0.2) is 8.42 Å². The Balaban J connectivity index is 1.84. The molecule has 0 unspecified atom stereocenters. The number of carbonyl (C=O) groups excluding carboxylic acids is 2. The molecule has 7 nitrogen and oxygen atoms in total. The molecule has 0 aliphatic carbocycles. The van der Waals surface area contributed by atoms with Crippen molar-refractivity contribution in [3.8, 4) is 0 Å². The van der Waals surface area contributed by atoms with Crippen molar-refractivity contribution in [2.75, 3.05) is 10.8 Å². The lowest BCUT2D eigenvalue weighted by Gasteiger charge is -2.35. The first-order valence-electron chi connectivity index (χ1n) is 14.5. The standard InChI is InChI=1S/C35H37Cl2N3O4S/c1-25-19-20-28(22-31(25)37)40(45(43,44)29-16-9-6-10-17-29)24-33(41)39(23-27-15-11-12-18-30(27)36)32(34(42)38-35(2,3)4)21-26-13-7-5-8-14-26/h5-20,22,32H,21,23-24H2,1-4H3,(H,38,42)/t32-/m0/s1. The fourth-order valence-electron chi connectivity index (χ4n) is 4.80. The molecule has 1 N–H and O–H groups in total. The van der Waals surface area contributed by atoms with E-state index in [2.05, 4.69) is 5.32 Å². The molecule has 0 aliphatic rings. The molecule has 0 spiro atoms. The van der Waals surface area contributed by atoms with Gasteiger partial charge in [0.1, 0.15) is 12.6 Å². The maximum atomic E-state index is 14.5. The van der Waals surface area contributed by atoms with Gasteiger partial charge in [-0.3, -0.25) is 13.9 Å². The van der Waals surface area contributed by atoms with E-state index in [1.165, 1.54) is 23.1 Å². The highest BCUT2D eigenvalue weighted by molar-refractivity contribution is 7.92. The molecule has 4 rings (SSSR count). The predicted molar refractivity (Wildman–Crippen MR) is 181 cm³/mol. The Morgan fingerprint density at radius 3 is 2.02 bits per heavy atom. The first-order valence-corrected chi connectivity index (χ1v) is 16.7. The van der Waals surface area contributed by atoms with Gasteiger partial charge in [-0.15, -0.1) is 0 Å². The second-order valence-electron chi connectivity index (χ2n) is 11.8. The highest BCUT2D eigenvalue weighted by Gasteiger charge is 2.36. The van der Waals surface area contributed by atoms with Gasteiger partial charge in [0.15, 0.2) is 0 Å². The Morgan fingerprint density at radius 1 is 0.822 bits per heavy atom. The quantitative estimate of drug-likeness (QED) is 0.186. The van der Waals surface area contributed by atoms with E-state index in [9.17, 15) is 18.0 Å². The molecule has 0 saturated carbocycles. The van der Waals surface area contributed by atoms with E-state index < -0.39 is 34.1 Å². The molecular formula is C35H37Cl2N3O4S. The number of aryl methyl sites for hydroxylation is 1. The second-order valence-corrected chi connectivity index (χ2v) is 14.5. The van der Waals surface area contributed by atoms with Crippen molar-refractivity contribution in [3.63, 3.8) is 0 Å². The normalized spacial score (nSPS) is 12.3. The van der Waals surface area contributed by atoms with Gasteiger partial charge in [-0.05, 0) is 74.7 Å². The van der Waals surface area contributed by atoms with Crippen molar-refractivity contribution >= 4 is 50.7 Å². The second kappa shape index (κ2) is 14.5. The molecule has 1 atom stereocenters. The summed E-state index contributed by atoms with van der Waals surface area (Å²) >= 11 is 13.0. The first kappa shape index (κ1) is 34.0. The third-order valence-electron chi connectivity index (χ3n) is 7.12. The summed E-state index contributed by atoms with van der Waals surface area (Å²) < 4.78 is 29.2. The Hall–Kier alpha value is -3.85. The number of benzene rings is 4. The lowest BCUT2D eigenvalue weighted by Crippen LogP contribution is -2.56. The van der Waals surface area contributed by atoms with Crippen LogP contribution >= 0.6 is 23.2 Å². The summed E-state index contributed by atoms with van der Waals surface area (Å²) in [6, 6.07) is 28.2. The van der Waals surface area contributed by atoms with E-state index in [-0.39, 0.29) is 29.5 Å². The third kappa shape index (κ3) is 8.87. The molecule has 2 amide bonds. The highest BCUT2D eigenvalue weighted by atomic mass is 35.5. The molecule has 4 aromatic carbocycles. The van der Waals surface area contributed by atoms with Gasteiger partial charge in [0.05, 0.1) is 10.6 Å². The minimum absolute atomic E-state index is 0.0125. The monoisotopic (exact) mass is 665 g/mol. The Bertz CT molecular complexity index is 1740. The van der Waals surface area contributed by atoms with E-state index in [1.807, 2.05) is 51.1 Å². The molecular weight excluding hydrogens is 629 g/mol. The molecule has 0 bridgehead atoms. The van der Waals surface area contributed by atoms with Crippen LogP contribution in [0.3, 0.4) is 0 Å². The van der Waals surface area contributed by atoms with Crippen molar-refractivity contribution < 1.29 is 18.0 Å². The number of nitrogens with zero attached hydrogens (tertiary/aromatic N) is 2. The molecule has 4 aromatic rings. The van der Waals surface area contributed by atoms with E-state index in [0.717, 1.165) is 15.4 Å². The molecule has 0 saturated heterocycles. The van der Waals surface area contributed by atoms with Gasteiger partial charge in [0.2, 0.25) is 11.8 Å². The summed E-state index contributed by atoms with van der Waals surface area (Å²) in [6.07, 6.45) is 0.195. The van der Waals surface area contributed by atoms with Gasteiger partial charge in [0.25, 0.3) is 10.0 Å². The van der Waals surface area contributed by atoms with E-state index >= 15 is 0 Å². The van der Waals surface area contributed by atoms with Crippen LogP contribution in [0.2, 0.25) is 10.0 Å². The molecule has 0 fully saturated rings. The fraction of sp³-hybridized carbons (Fsp3) is 0.257. The summed E-state index contributed by atoms with van der Waals surface area (Å²) in [4.78, 5) is 29.9. The molecule has 10 heteroatoms. The van der Waals surface area contributed by atoms with Crippen LogP contribution in [0.1, 0.15) is 37.5 Å². The molecule has 0 aromatic heterocycles. The van der Waals surface area contributed by atoms with Crippen molar-refractivity contribution in [1.29, 1.82) is 0 Å². The maximum Gasteiger partial charge on any atom is 0.264 e. The van der Waals surface area contributed by atoms with Crippen molar-refractivity contribution in [2.24, 2.45) is 0 Å². The summed E-state index contributed by atoms with van der Waals surface area (Å²) in [7, 11) is -4.23. The van der Waals surface area contributed by atoms with Crippen molar-refractivity contribution in [3.05, 3.63) is 130 Å². The number of hydrogen-bond donors (Lipinski definition) is 1. The fourth-order valence-corrected chi connectivity index (χ4v) is 6.60. The van der Waals surface area contributed by atoms with Crippen LogP contribution in [0.25, 0.3) is 0 Å². The summed E-state index contributed by atoms with van der Waals surface area (Å²) in [5, 5.41) is 3.79. The highest BCUT2D eigenvalue weighted by Crippen LogP contribution is 2.29. The molecule has 236 valence electrons. The molecule has 0 aliphatic heterocycles. The van der Waals surface area contributed by atoms with Gasteiger partial charge >= 0.3 is 0 Å². The Morgan fingerprint density at radius 2 is 1.42 bits per heavy atom. The smallest absolute Gasteiger partial charge is 0.264 e. The Labute approximate surface area is 275 Å². The van der Waals surface area contributed by atoms with Crippen LogP contribution in [-0.4, -0.2) is 43.3 Å². The lowest BCUT2D eigenvalue weighted by atomic mass is 10.0. The number of halogens is 2. The van der Waals surface area contributed by atoms with Crippen LogP contribution in [0.15, 0.2) is 108 Å². The van der Waals surface area contributed by atoms with E-state index in [4.69, 9.17) is 23.2 Å². The lowest BCUT2D eigenvalue weighted by molar-refractivity contribution is -0.140. The van der Waals surface area contributed by atoms with Crippen LogP contribution in [0.5, 0.6) is 0 Å². The zero-order valence-corrected chi connectivity index (χ0v) is 28.0. The van der Waals surface area contributed by atoms with Gasteiger partial charge < -0.3 is 10.2 Å². The van der Waals surface area contributed by atoms with Gasteiger partial charge in [0, 0.05) is 28.5 Å².